The highest BCUT2D eigenvalue weighted by molar-refractivity contribution is 7.91. The van der Waals surface area contributed by atoms with Gasteiger partial charge in [0.15, 0.2) is 0 Å². The SMILES string of the molecule is Cc1nc(-c2ccc(S(=O)(=O)NCCCn3ccnc3C(C)C)s2)cs1. The van der Waals surface area contributed by atoms with Crippen molar-refractivity contribution in [3.05, 3.63) is 40.7 Å². The number of thiophene rings is 1. The molecule has 0 spiro atoms. The second kappa shape index (κ2) is 7.99. The zero-order valence-corrected chi connectivity index (χ0v) is 17.4. The second-order valence-electron chi connectivity index (χ2n) is 6.26. The van der Waals surface area contributed by atoms with Gasteiger partial charge in [-0.2, -0.15) is 0 Å². The average molecular weight is 411 g/mol. The second-order valence-corrected chi connectivity index (χ2v) is 10.4. The van der Waals surface area contributed by atoms with Crippen LogP contribution in [0, 0.1) is 6.92 Å². The number of aryl methyl sites for hydroxylation is 2. The van der Waals surface area contributed by atoms with E-state index in [9.17, 15) is 8.42 Å². The quantitative estimate of drug-likeness (QED) is 0.572. The minimum Gasteiger partial charge on any atom is -0.335 e. The standard InChI is InChI=1S/C17H22N4O2S3/c1-12(2)17-18-8-10-21(17)9-4-7-19-26(22,23)16-6-5-15(25-16)14-11-24-13(3)20-14/h5-6,8,10-12,19H,4,7,9H2,1-3H3. The largest absolute Gasteiger partial charge is 0.335 e. The molecule has 0 saturated heterocycles. The van der Waals surface area contributed by atoms with E-state index in [0.29, 0.717) is 23.1 Å². The predicted octanol–water partition coefficient (Wildman–Crippen LogP) is 3.87. The van der Waals surface area contributed by atoms with E-state index in [2.05, 4.69) is 33.1 Å². The molecular formula is C17H22N4O2S3. The predicted molar refractivity (Wildman–Crippen MR) is 106 cm³/mol. The van der Waals surface area contributed by atoms with E-state index in [-0.39, 0.29) is 0 Å². The molecule has 0 aliphatic heterocycles. The van der Waals surface area contributed by atoms with Crippen LogP contribution in [0.2, 0.25) is 0 Å². The maximum absolute atomic E-state index is 12.5. The highest BCUT2D eigenvalue weighted by Gasteiger charge is 2.17. The summed E-state index contributed by atoms with van der Waals surface area (Å²) in [5.74, 6) is 1.37. The van der Waals surface area contributed by atoms with Crippen LogP contribution in [0.3, 0.4) is 0 Å². The van der Waals surface area contributed by atoms with Crippen LogP contribution in [-0.4, -0.2) is 29.5 Å². The van der Waals surface area contributed by atoms with Crippen molar-refractivity contribution in [1.82, 2.24) is 19.3 Å². The highest BCUT2D eigenvalue weighted by Crippen LogP contribution is 2.31. The molecule has 0 aromatic carbocycles. The van der Waals surface area contributed by atoms with Crippen LogP contribution in [0.5, 0.6) is 0 Å². The number of rotatable bonds is 8. The van der Waals surface area contributed by atoms with Crippen molar-refractivity contribution in [1.29, 1.82) is 0 Å². The maximum Gasteiger partial charge on any atom is 0.250 e. The highest BCUT2D eigenvalue weighted by atomic mass is 32.2. The number of nitrogens with zero attached hydrogens (tertiary/aromatic N) is 3. The fourth-order valence-electron chi connectivity index (χ4n) is 2.62. The fraction of sp³-hybridized carbons (Fsp3) is 0.412. The molecule has 0 aliphatic carbocycles. The van der Waals surface area contributed by atoms with Gasteiger partial charge in [0.25, 0.3) is 0 Å². The summed E-state index contributed by atoms with van der Waals surface area (Å²) < 4.78 is 30.0. The van der Waals surface area contributed by atoms with Crippen molar-refractivity contribution in [2.24, 2.45) is 0 Å². The van der Waals surface area contributed by atoms with Crippen LogP contribution in [-0.2, 0) is 16.6 Å². The molecule has 3 rings (SSSR count). The Morgan fingerprint density at radius 3 is 2.81 bits per heavy atom. The molecule has 3 aromatic rings. The van der Waals surface area contributed by atoms with Gasteiger partial charge in [-0.25, -0.2) is 23.1 Å². The van der Waals surface area contributed by atoms with Crippen LogP contribution in [0.15, 0.2) is 34.1 Å². The minimum absolute atomic E-state index is 0.323. The van der Waals surface area contributed by atoms with Crippen LogP contribution >= 0.6 is 22.7 Å². The van der Waals surface area contributed by atoms with E-state index in [1.807, 2.05) is 24.6 Å². The van der Waals surface area contributed by atoms with E-state index < -0.39 is 10.0 Å². The number of imidazole rings is 1. The molecule has 0 bridgehead atoms. The van der Waals surface area contributed by atoms with Gasteiger partial charge in [-0.15, -0.1) is 22.7 Å². The van der Waals surface area contributed by atoms with Crippen molar-refractivity contribution >= 4 is 32.7 Å². The third-order valence-electron chi connectivity index (χ3n) is 3.85. The minimum atomic E-state index is -3.49. The summed E-state index contributed by atoms with van der Waals surface area (Å²) in [6.07, 6.45) is 4.43. The Morgan fingerprint density at radius 1 is 1.31 bits per heavy atom. The zero-order chi connectivity index (χ0) is 18.7. The molecular weight excluding hydrogens is 388 g/mol. The fourth-order valence-corrected chi connectivity index (χ4v) is 5.69. The third kappa shape index (κ3) is 4.40. The summed E-state index contributed by atoms with van der Waals surface area (Å²) in [5, 5.41) is 2.92. The first-order chi connectivity index (χ1) is 12.4. The summed E-state index contributed by atoms with van der Waals surface area (Å²) in [4.78, 5) is 9.62. The smallest absolute Gasteiger partial charge is 0.250 e. The number of thiazole rings is 1. The lowest BCUT2D eigenvalue weighted by Crippen LogP contribution is -2.25. The van der Waals surface area contributed by atoms with Gasteiger partial charge in [0.2, 0.25) is 10.0 Å². The molecule has 0 aliphatic rings. The Morgan fingerprint density at radius 2 is 2.12 bits per heavy atom. The zero-order valence-electron chi connectivity index (χ0n) is 15.0. The Labute approximate surface area is 162 Å². The molecule has 0 saturated carbocycles. The lowest BCUT2D eigenvalue weighted by Gasteiger charge is -2.10. The Hall–Kier alpha value is -1.55. The normalized spacial score (nSPS) is 12.2. The van der Waals surface area contributed by atoms with Gasteiger partial charge in [-0.3, -0.25) is 0 Å². The number of aromatic nitrogens is 3. The summed E-state index contributed by atoms with van der Waals surface area (Å²) in [5.41, 5.74) is 0.834. The van der Waals surface area contributed by atoms with Gasteiger partial charge in [-0.05, 0) is 25.5 Å². The number of hydrogen-bond donors (Lipinski definition) is 1. The van der Waals surface area contributed by atoms with E-state index in [0.717, 1.165) is 27.9 Å². The molecule has 1 N–H and O–H groups in total. The van der Waals surface area contributed by atoms with Gasteiger partial charge < -0.3 is 4.57 Å². The number of nitrogens with one attached hydrogen (secondary N) is 1. The van der Waals surface area contributed by atoms with Crippen molar-refractivity contribution < 1.29 is 8.42 Å². The van der Waals surface area contributed by atoms with Crippen molar-refractivity contribution in [3.63, 3.8) is 0 Å². The van der Waals surface area contributed by atoms with Crippen LogP contribution in [0.4, 0.5) is 0 Å². The van der Waals surface area contributed by atoms with Crippen LogP contribution in [0.25, 0.3) is 10.6 Å². The molecule has 9 heteroatoms. The maximum atomic E-state index is 12.5. The van der Waals surface area contributed by atoms with E-state index in [4.69, 9.17) is 0 Å². The molecule has 0 fully saturated rings. The van der Waals surface area contributed by atoms with Crippen molar-refractivity contribution in [2.45, 2.75) is 43.9 Å². The third-order valence-corrected chi connectivity index (χ3v) is 7.68. The summed E-state index contributed by atoms with van der Waals surface area (Å²) in [6.45, 7) is 7.26. The molecule has 0 atom stereocenters. The van der Waals surface area contributed by atoms with Gasteiger partial charge in [-0.1, -0.05) is 13.8 Å². The van der Waals surface area contributed by atoms with Crippen molar-refractivity contribution in [3.8, 4) is 10.6 Å². The van der Waals surface area contributed by atoms with Crippen LogP contribution < -0.4 is 4.72 Å². The molecule has 3 aromatic heterocycles. The molecule has 0 radical (unpaired) electrons. The molecule has 140 valence electrons. The van der Waals surface area contributed by atoms with E-state index >= 15 is 0 Å². The Balaban J connectivity index is 1.57. The topological polar surface area (TPSA) is 76.9 Å². The molecule has 3 heterocycles. The summed E-state index contributed by atoms with van der Waals surface area (Å²) in [6, 6.07) is 3.46. The Bertz CT molecular complexity index is 970. The van der Waals surface area contributed by atoms with Gasteiger partial charge in [0.1, 0.15) is 10.0 Å². The van der Waals surface area contributed by atoms with Gasteiger partial charge in [0, 0.05) is 36.8 Å². The van der Waals surface area contributed by atoms with Crippen LogP contribution in [0.1, 0.15) is 37.0 Å². The average Bonchev–Trinajstić information content (AvgIpc) is 3.31. The van der Waals surface area contributed by atoms with Gasteiger partial charge >= 0.3 is 0 Å². The summed E-state index contributed by atoms with van der Waals surface area (Å²) in [7, 11) is -3.49. The van der Waals surface area contributed by atoms with Gasteiger partial charge in [0.05, 0.1) is 15.6 Å². The monoisotopic (exact) mass is 410 g/mol. The first-order valence-electron chi connectivity index (χ1n) is 8.40. The first-order valence-corrected chi connectivity index (χ1v) is 11.6. The Kier molecular flexibility index (Phi) is 5.91. The molecule has 0 amide bonds. The summed E-state index contributed by atoms with van der Waals surface area (Å²) >= 11 is 2.80. The lowest BCUT2D eigenvalue weighted by atomic mass is 10.2. The molecule has 6 nitrogen and oxygen atoms in total. The van der Waals surface area contributed by atoms with E-state index in [1.165, 1.54) is 11.3 Å². The molecule has 26 heavy (non-hydrogen) atoms. The van der Waals surface area contributed by atoms with Crippen molar-refractivity contribution in [2.75, 3.05) is 6.54 Å². The number of sulfonamides is 1. The number of hydrogen-bond acceptors (Lipinski definition) is 6. The lowest BCUT2D eigenvalue weighted by molar-refractivity contribution is 0.560. The molecule has 0 unspecified atom stereocenters. The van der Waals surface area contributed by atoms with E-state index in [1.54, 1.807) is 23.6 Å². The first kappa shape index (κ1) is 19.2.